The summed E-state index contributed by atoms with van der Waals surface area (Å²) in [5.74, 6) is 1.76. The molecule has 19 heavy (non-hydrogen) atoms. The van der Waals surface area contributed by atoms with E-state index in [0.29, 0.717) is 11.3 Å². The maximum atomic E-state index is 5.82. The number of piperidine rings is 1. The van der Waals surface area contributed by atoms with Crippen LogP contribution in [0.25, 0.3) is 0 Å². The van der Waals surface area contributed by atoms with E-state index in [4.69, 9.17) is 20.5 Å². The second kappa shape index (κ2) is 5.39. The fraction of sp³-hybridized carbons (Fsp3) is 0.500. The van der Waals surface area contributed by atoms with Gasteiger partial charge in [0.1, 0.15) is 17.2 Å². The third-order valence-electron chi connectivity index (χ3n) is 3.59. The van der Waals surface area contributed by atoms with E-state index >= 15 is 0 Å². The molecule has 0 bridgehead atoms. The lowest BCUT2D eigenvalue weighted by atomic mass is 9.99. The van der Waals surface area contributed by atoms with Crippen molar-refractivity contribution in [3.8, 4) is 0 Å². The van der Waals surface area contributed by atoms with Gasteiger partial charge < -0.3 is 8.94 Å². The summed E-state index contributed by atoms with van der Waals surface area (Å²) in [6.07, 6.45) is 3.55. The molecule has 102 valence electrons. The van der Waals surface area contributed by atoms with Crippen LogP contribution >= 0.6 is 11.6 Å². The van der Waals surface area contributed by atoms with Crippen molar-refractivity contribution in [2.75, 3.05) is 6.54 Å². The highest BCUT2D eigenvalue weighted by Gasteiger charge is 2.27. The second-order valence-electron chi connectivity index (χ2n) is 5.05. The molecular formula is C14H17ClN2O2. The summed E-state index contributed by atoms with van der Waals surface area (Å²) in [5.41, 5.74) is 1.02. The molecule has 4 nitrogen and oxygen atoms in total. The highest BCUT2D eigenvalue weighted by Crippen LogP contribution is 2.32. The van der Waals surface area contributed by atoms with Gasteiger partial charge in [-0.1, -0.05) is 11.6 Å². The van der Waals surface area contributed by atoms with Crippen LogP contribution in [0.4, 0.5) is 0 Å². The standard InChI is InChI=1S/C14H17ClN2O2/c1-10-8-12(16-19-10)13-4-2-3-7-17(13)9-11-5-6-14(15)18-11/h5-6,8,13H,2-4,7,9H2,1H3/t13-/m1/s1. The number of likely N-dealkylation sites (tertiary alicyclic amines) is 1. The molecular weight excluding hydrogens is 264 g/mol. The number of aryl methyl sites for hydroxylation is 1. The van der Waals surface area contributed by atoms with Crippen LogP contribution in [0.1, 0.15) is 42.5 Å². The Morgan fingerprint density at radius 3 is 3.00 bits per heavy atom. The van der Waals surface area contributed by atoms with Gasteiger partial charge in [0.2, 0.25) is 0 Å². The van der Waals surface area contributed by atoms with Crippen molar-refractivity contribution in [1.29, 1.82) is 0 Å². The lowest BCUT2D eigenvalue weighted by Gasteiger charge is -2.33. The molecule has 0 aliphatic carbocycles. The summed E-state index contributed by atoms with van der Waals surface area (Å²) in [5, 5.41) is 4.61. The molecule has 0 radical (unpaired) electrons. The summed E-state index contributed by atoms with van der Waals surface area (Å²) in [4.78, 5) is 2.38. The normalized spacial score (nSPS) is 20.8. The third-order valence-corrected chi connectivity index (χ3v) is 3.79. The first-order valence-electron chi connectivity index (χ1n) is 6.64. The van der Waals surface area contributed by atoms with Gasteiger partial charge in [-0.15, -0.1) is 0 Å². The molecule has 1 fully saturated rings. The highest BCUT2D eigenvalue weighted by molar-refractivity contribution is 6.28. The Morgan fingerprint density at radius 1 is 1.42 bits per heavy atom. The summed E-state index contributed by atoms with van der Waals surface area (Å²) in [7, 11) is 0. The summed E-state index contributed by atoms with van der Waals surface area (Å²) >= 11 is 5.82. The minimum Gasteiger partial charge on any atom is -0.448 e. The molecule has 3 heterocycles. The zero-order valence-corrected chi connectivity index (χ0v) is 11.7. The zero-order valence-electron chi connectivity index (χ0n) is 10.9. The summed E-state index contributed by atoms with van der Waals surface area (Å²) in [6, 6.07) is 6.06. The Balaban J connectivity index is 1.77. The van der Waals surface area contributed by atoms with E-state index in [1.54, 1.807) is 6.07 Å². The van der Waals surface area contributed by atoms with Gasteiger partial charge in [0.15, 0.2) is 5.22 Å². The Kier molecular flexibility index (Phi) is 3.62. The Labute approximate surface area is 117 Å². The van der Waals surface area contributed by atoms with E-state index in [2.05, 4.69) is 10.1 Å². The van der Waals surface area contributed by atoms with Gasteiger partial charge in [-0.3, -0.25) is 4.90 Å². The topological polar surface area (TPSA) is 42.4 Å². The number of hydrogen-bond acceptors (Lipinski definition) is 4. The maximum Gasteiger partial charge on any atom is 0.193 e. The molecule has 2 aromatic rings. The largest absolute Gasteiger partial charge is 0.448 e. The van der Waals surface area contributed by atoms with E-state index in [1.165, 1.54) is 12.8 Å². The molecule has 1 saturated heterocycles. The van der Waals surface area contributed by atoms with Crippen LogP contribution in [0.5, 0.6) is 0 Å². The lowest BCUT2D eigenvalue weighted by Crippen LogP contribution is -2.33. The van der Waals surface area contributed by atoms with E-state index in [0.717, 1.165) is 36.7 Å². The van der Waals surface area contributed by atoms with E-state index in [1.807, 2.05) is 19.1 Å². The molecule has 5 heteroatoms. The van der Waals surface area contributed by atoms with Gasteiger partial charge in [-0.25, -0.2) is 0 Å². The van der Waals surface area contributed by atoms with Gasteiger partial charge in [-0.2, -0.15) is 0 Å². The Hall–Kier alpha value is -1.26. The Morgan fingerprint density at radius 2 is 2.32 bits per heavy atom. The molecule has 0 amide bonds. The van der Waals surface area contributed by atoms with Crippen LogP contribution in [-0.2, 0) is 6.54 Å². The van der Waals surface area contributed by atoms with Gasteiger partial charge in [0.05, 0.1) is 12.6 Å². The summed E-state index contributed by atoms with van der Waals surface area (Å²) in [6.45, 7) is 3.74. The van der Waals surface area contributed by atoms with Gasteiger partial charge in [0, 0.05) is 6.07 Å². The van der Waals surface area contributed by atoms with Crippen molar-refractivity contribution < 1.29 is 8.94 Å². The molecule has 1 aliphatic rings. The van der Waals surface area contributed by atoms with Crippen molar-refractivity contribution in [2.45, 2.75) is 38.8 Å². The average molecular weight is 281 g/mol. The Bertz CT molecular complexity index is 549. The predicted octanol–water partition coefficient (Wildman–Crippen LogP) is 3.96. The van der Waals surface area contributed by atoms with Crippen LogP contribution in [0.3, 0.4) is 0 Å². The smallest absolute Gasteiger partial charge is 0.193 e. The first-order chi connectivity index (χ1) is 9.22. The number of furan rings is 1. The second-order valence-corrected chi connectivity index (χ2v) is 5.42. The molecule has 0 N–H and O–H groups in total. The van der Waals surface area contributed by atoms with Gasteiger partial charge >= 0.3 is 0 Å². The van der Waals surface area contributed by atoms with E-state index in [9.17, 15) is 0 Å². The maximum absolute atomic E-state index is 5.82. The lowest BCUT2D eigenvalue weighted by molar-refractivity contribution is 0.124. The summed E-state index contributed by atoms with van der Waals surface area (Å²) < 4.78 is 10.7. The molecule has 0 saturated carbocycles. The van der Waals surface area contributed by atoms with Crippen molar-refractivity contribution >= 4 is 11.6 Å². The molecule has 1 atom stereocenters. The van der Waals surface area contributed by atoms with Crippen LogP contribution in [-0.4, -0.2) is 16.6 Å². The van der Waals surface area contributed by atoms with Crippen LogP contribution in [0, 0.1) is 6.92 Å². The fourth-order valence-electron chi connectivity index (χ4n) is 2.69. The molecule has 0 spiro atoms. The molecule has 3 rings (SSSR count). The predicted molar refractivity (Wildman–Crippen MR) is 72.0 cm³/mol. The minimum atomic E-state index is 0.315. The van der Waals surface area contributed by atoms with Crippen LogP contribution in [0.15, 0.2) is 27.1 Å². The van der Waals surface area contributed by atoms with Crippen LogP contribution in [0.2, 0.25) is 5.22 Å². The average Bonchev–Trinajstić information content (AvgIpc) is 2.99. The SMILES string of the molecule is Cc1cc([C@H]2CCCCN2Cc2ccc(Cl)o2)no1. The number of halogens is 1. The van der Waals surface area contributed by atoms with Gasteiger partial charge in [-0.05, 0) is 50.0 Å². The first kappa shape index (κ1) is 12.8. The zero-order chi connectivity index (χ0) is 13.2. The number of rotatable bonds is 3. The third kappa shape index (κ3) is 2.85. The number of hydrogen-bond donors (Lipinski definition) is 0. The van der Waals surface area contributed by atoms with Crippen LogP contribution < -0.4 is 0 Å². The number of aromatic nitrogens is 1. The van der Waals surface area contributed by atoms with Crippen molar-refractivity contribution in [3.05, 3.63) is 40.6 Å². The monoisotopic (exact) mass is 280 g/mol. The quantitative estimate of drug-likeness (QED) is 0.853. The molecule has 2 aromatic heterocycles. The molecule has 0 aromatic carbocycles. The molecule has 1 aliphatic heterocycles. The minimum absolute atomic E-state index is 0.315. The van der Waals surface area contributed by atoms with Crippen molar-refractivity contribution in [1.82, 2.24) is 10.1 Å². The van der Waals surface area contributed by atoms with Gasteiger partial charge in [0.25, 0.3) is 0 Å². The van der Waals surface area contributed by atoms with Crippen molar-refractivity contribution in [2.24, 2.45) is 0 Å². The van der Waals surface area contributed by atoms with Crippen molar-refractivity contribution in [3.63, 3.8) is 0 Å². The number of nitrogens with zero attached hydrogens (tertiary/aromatic N) is 2. The van der Waals surface area contributed by atoms with E-state index in [-0.39, 0.29) is 0 Å². The van der Waals surface area contributed by atoms with E-state index < -0.39 is 0 Å². The first-order valence-corrected chi connectivity index (χ1v) is 7.01. The fourth-order valence-corrected chi connectivity index (χ4v) is 2.86. The highest BCUT2D eigenvalue weighted by atomic mass is 35.5. The molecule has 0 unspecified atom stereocenters.